The highest BCUT2D eigenvalue weighted by molar-refractivity contribution is 7.14. The van der Waals surface area contributed by atoms with Gasteiger partial charge >= 0.3 is 0 Å². The van der Waals surface area contributed by atoms with Gasteiger partial charge < -0.3 is 13.7 Å². The molecular formula is C21H23N3O3S. The van der Waals surface area contributed by atoms with Crippen LogP contribution in [0.25, 0.3) is 17.3 Å². The van der Waals surface area contributed by atoms with Gasteiger partial charge in [-0.2, -0.15) is 0 Å². The predicted octanol–water partition coefficient (Wildman–Crippen LogP) is 4.65. The van der Waals surface area contributed by atoms with Crippen LogP contribution in [0.5, 0.6) is 0 Å². The smallest absolute Gasteiger partial charge is 0.250 e. The van der Waals surface area contributed by atoms with Gasteiger partial charge in [0.25, 0.3) is 0 Å². The SMILES string of the molecule is Cc1cc(-c2csc(NC(=O)/C=C/c3ccco3)n2)c(C)n1C[C@H]1CCCO1. The van der Waals surface area contributed by atoms with Crippen molar-refractivity contribution in [3.05, 3.63) is 53.1 Å². The van der Waals surface area contributed by atoms with Crippen molar-refractivity contribution in [2.75, 3.05) is 11.9 Å². The van der Waals surface area contributed by atoms with E-state index in [4.69, 9.17) is 9.15 Å². The van der Waals surface area contributed by atoms with Crippen molar-refractivity contribution in [1.29, 1.82) is 0 Å². The summed E-state index contributed by atoms with van der Waals surface area (Å²) in [7, 11) is 0. The Bertz CT molecular complexity index is 979. The van der Waals surface area contributed by atoms with E-state index in [9.17, 15) is 4.79 Å². The van der Waals surface area contributed by atoms with Crippen molar-refractivity contribution in [2.24, 2.45) is 0 Å². The van der Waals surface area contributed by atoms with Gasteiger partial charge in [0.05, 0.1) is 18.1 Å². The van der Waals surface area contributed by atoms with Gasteiger partial charge in [-0.15, -0.1) is 11.3 Å². The third kappa shape index (κ3) is 4.10. The summed E-state index contributed by atoms with van der Waals surface area (Å²) in [5.74, 6) is 0.398. The molecule has 1 atom stereocenters. The molecule has 1 aliphatic heterocycles. The molecule has 1 fully saturated rings. The number of thiazole rings is 1. The fourth-order valence-corrected chi connectivity index (χ4v) is 4.19. The van der Waals surface area contributed by atoms with Crippen LogP contribution in [-0.4, -0.2) is 28.2 Å². The quantitative estimate of drug-likeness (QED) is 0.615. The molecule has 0 bridgehead atoms. The molecule has 146 valence electrons. The van der Waals surface area contributed by atoms with Crippen LogP contribution >= 0.6 is 11.3 Å². The first-order valence-corrected chi connectivity index (χ1v) is 10.2. The molecule has 3 aromatic heterocycles. The van der Waals surface area contributed by atoms with E-state index in [1.54, 1.807) is 24.5 Å². The highest BCUT2D eigenvalue weighted by atomic mass is 32.1. The molecule has 28 heavy (non-hydrogen) atoms. The number of carbonyl (C=O) groups excluding carboxylic acids is 1. The molecule has 0 spiro atoms. The van der Waals surface area contributed by atoms with E-state index < -0.39 is 0 Å². The fourth-order valence-electron chi connectivity index (χ4n) is 3.48. The molecule has 1 saturated heterocycles. The molecule has 4 heterocycles. The maximum atomic E-state index is 12.1. The second-order valence-corrected chi connectivity index (χ2v) is 7.76. The molecule has 6 nitrogen and oxygen atoms in total. The van der Waals surface area contributed by atoms with E-state index in [0.29, 0.717) is 17.0 Å². The predicted molar refractivity (Wildman–Crippen MR) is 110 cm³/mol. The molecule has 0 unspecified atom stereocenters. The Hall–Kier alpha value is -2.64. The monoisotopic (exact) mass is 397 g/mol. The lowest BCUT2D eigenvalue weighted by atomic mass is 10.2. The van der Waals surface area contributed by atoms with Gasteiger partial charge in [0, 0.05) is 41.6 Å². The van der Waals surface area contributed by atoms with Crippen LogP contribution in [0.2, 0.25) is 0 Å². The molecule has 7 heteroatoms. The van der Waals surface area contributed by atoms with Gasteiger partial charge in [-0.05, 0) is 51.0 Å². The summed E-state index contributed by atoms with van der Waals surface area (Å²) < 4.78 is 13.3. The van der Waals surface area contributed by atoms with Crippen molar-refractivity contribution in [2.45, 2.75) is 39.3 Å². The summed E-state index contributed by atoms with van der Waals surface area (Å²) in [6, 6.07) is 5.72. The second-order valence-electron chi connectivity index (χ2n) is 6.91. The summed E-state index contributed by atoms with van der Waals surface area (Å²) in [6.07, 6.45) is 7.19. The van der Waals surface area contributed by atoms with Gasteiger partial charge in [0.15, 0.2) is 5.13 Å². The van der Waals surface area contributed by atoms with E-state index in [1.807, 2.05) is 5.38 Å². The molecule has 1 amide bonds. The summed E-state index contributed by atoms with van der Waals surface area (Å²) in [5, 5.41) is 5.36. The maximum absolute atomic E-state index is 12.1. The Labute approximate surface area is 167 Å². The van der Waals surface area contributed by atoms with Crippen LogP contribution in [0.4, 0.5) is 5.13 Å². The minimum atomic E-state index is -0.235. The number of furan rings is 1. The third-order valence-electron chi connectivity index (χ3n) is 4.94. The van der Waals surface area contributed by atoms with Gasteiger partial charge in [0.2, 0.25) is 5.91 Å². The number of aryl methyl sites for hydroxylation is 1. The molecule has 0 aliphatic carbocycles. The van der Waals surface area contributed by atoms with E-state index >= 15 is 0 Å². The molecule has 4 rings (SSSR count). The first kappa shape index (κ1) is 18.7. The zero-order valence-electron chi connectivity index (χ0n) is 16.0. The second kappa shape index (κ2) is 8.16. The summed E-state index contributed by atoms with van der Waals surface area (Å²) in [6.45, 7) is 5.96. The largest absolute Gasteiger partial charge is 0.465 e. The van der Waals surface area contributed by atoms with E-state index in [2.05, 4.69) is 34.8 Å². The Morgan fingerprint density at radius 3 is 3.11 bits per heavy atom. The zero-order chi connectivity index (χ0) is 19.5. The highest BCUT2D eigenvalue weighted by Crippen LogP contribution is 2.30. The number of nitrogens with zero attached hydrogens (tertiary/aromatic N) is 2. The molecule has 1 aliphatic rings. The minimum Gasteiger partial charge on any atom is -0.465 e. The van der Waals surface area contributed by atoms with E-state index in [-0.39, 0.29) is 5.91 Å². The molecule has 1 N–H and O–H groups in total. The van der Waals surface area contributed by atoms with Gasteiger partial charge in [-0.1, -0.05) is 0 Å². The maximum Gasteiger partial charge on any atom is 0.250 e. The number of anilines is 1. The third-order valence-corrected chi connectivity index (χ3v) is 5.69. The first-order valence-electron chi connectivity index (χ1n) is 9.37. The number of amides is 1. The number of hydrogen-bond donors (Lipinski definition) is 1. The van der Waals surface area contributed by atoms with Gasteiger partial charge in [0.1, 0.15) is 5.76 Å². The number of hydrogen-bond acceptors (Lipinski definition) is 5. The molecule has 3 aromatic rings. The summed E-state index contributed by atoms with van der Waals surface area (Å²) >= 11 is 1.42. The van der Waals surface area contributed by atoms with Crippen LogP contribution in [0.15, 0.2) is 40.3 Å². The van der Waals surface area contributed by atoms with E-state index in [0.717, 1.165) is 37.3 Å². The van der Waals surface area contributed by atoms with Crippen molar-refractivity contribution >= 4 is 28.5 Å². The standard InChI is InChI=1S/C21H23N3O3S/c1-14-11-18(15(2)24(14)12-17-6-4-10-27-17)19-13-28-21(22-19)23-20(25)8-7-16-5-3-9-26-16/h3,5,7-9,11,13,17H,4,6,10,12H2,1-2H3,(H,22,23,25)/b8-7+/t17-/m1/s1. The summed E-state index contributed by atoms with van der Waals surface area (Å²) in [4.78, 5) is 16.7. The fraction of sp³-hybridized carbons (Fsp3) is 0.333. The van der Waals surface area contributed by atoms with Crippen LogP contribution in [0.1, 0.15) is 30.0 Å². The average Bonchev–Trinajstić information content (AvgIpc) is 3.46. The first-order chi connectivity index (χ1) is 13.6. The Kier molecular flexibility index (Phi) is 5.45. The normalized spacial score (nSPS) is 16.9. The number of carbonyl (C=O) groups is 1. The molecular weight excluding hydrogens is 374 g/mol. The molecule has 0 aromatic carbocycles. The molecule has 0 saturated carbocycles. The van der Waals surface area contributed by atoms with E-state index in [1.165, 1.54) is 28.8 Å². The van der Waals surface area contributed by atoms with Crippen LogP contribution in [0.3, 0.4) is 0 Å². The topological polar surface area (TPSA) is 69.3 Å². The number of rotatable bonds is 6. The van der Waals surface area contributed by atoms with Gasteiger partial charge in [-0.3, -0.25) is 10.1 Å². The van der Waals surface area contributed by atoms with Crippen molar-refractivity contribution in [3.63, 3.8) is 0 Å². The van der Waals surface area contributed by atoms with Crippen molar-refractivity contribution < 1.29 is 13.9 Å². The lowest BCUT2D eigenvalue weighted by molar-refractivity contribution is -0.111. The average molecular weight is 398 g/mol. The van der Waals surface area contributed by atoms with Crippen LogP contribution < -0.4 is 5.32 Å². The summed E-state index contributed by atoms with van der Waals surface area (Å²) in [5.41, 5.74) is 4.34. The Morgan fingerprint density at radius 2 is 2.36 bits per heavy atom. The lowest BCUT2D eigenvalue weighted by Crippen LogP contribution is -2.16. The number of nitrogens with one attached hydrogen (secondary N) is 1. The highest BCUT2D eigenvalue weighted by Gasteiger charge is 2.20. The Morgan fingerprint density at radius 1 is 1.46 bits per heavy atom. The van der Waals surface area contributed by atoms with Gasteiger partial charge in [-0.25, -0.2) is 4.98 Å². The lowest BCUT2D eigenvalue weighted by Gasteiger charge is -2.14. The van der Waals surface area contributed by atoms with Crippen LogP contribution in [0, 0.1) is 13.8 Å². The molecule has 0 radical (unpaired) electrons. The van der Waals surface area contributed by atoms with Crippen molar-refractivity contribution in [1.82, 2.24) is 9.55 Å². The Balaban J connectivity index is 1.46. The number of ether oxygens (including phenoxy) is 1. The zero-order valence-corrected chi connectivity index (χ0v) is 16.8. The minimum absolute atomic E-state index is 0.235. The number of aromatic nitrogens is 2. The van der Waals surface area contributed by atoms with Crippen LogP contribution in [-0.2, 0) is 16.1 Å². The van der Waals surface area contributed by atoms with Crippen molar-refractivity contribution in [3.8, 4) is 11.3 Å².